The van der Waals surface area contributed by atoms with Crippen molar-refractivity contribution in [2.75, 3.05) is 14.2 Å². The number of methoxy groups -OCH3 is 2. The first-order chi connectivity index (χ1) is 9.46. The predicted molar refractivity (Wildman–Crippen MR) is 78.4 cm³/mol. The maximum Gasteiger partial charge on any atom is 0.259 e. The summed E-state index contributed by atoms with van der Waals surface area (Å²) in [6.07, 6.45) is 3.17. The van der Waals surface area contributed by atoms with Crippen molar-refractivity contribution in [1.82, 2.24) is 5.32 Å². The number of nitrogens with one attached hydrogen (secondary N) is 1. The maximum atomic E-state index is 12.5. The van der Waals surface area contributed by atoms with E-state index in [-0.39, 0.29) is 11.9 Å². The Balaban J connectivity index is 2.17. The van der Waals surface area contributed by atoms with Gasteiger partial charge in [0.25, 0.3) is 5.91 Å². The molecule has 1 aromatic carbocycles. The quantitative estimate of drug-likeness (QED) is 0.920. The monoisotopic (exact) mass is 277 g/mol. The lowest BCUT2D eigenvalue weighted by Crippen LogP contribution is -2.34. The maximum absolute atomic E-state index is 12.5. The van der Waals surface area contributed by atoms with Gasteiger partial charge < -0.3 is 14.8 Å². The lowest BCUT2D eigenvalue weighted by Gasteiger charge is -2.19. The van der Waals surface area contributed by atoms with Gasteiger partial charge in [-0.25, -0.2) is 0 Å². The van der Waals surface area contributed by atoms with E-state index in [0.717, 1.165) is 19.3 Å². The van der Waals surface area contributed by atoms with Gasteiger partial charge in [0.15, 0.2) is 0 Å². The Kier molecular flexibility index (Phi) is 4.21. The predicted octanol–water partition coefficient (Wildman–Crippen LogP) is 3.01. The van der Waals surface area contributed by atoms with Crippen molar-refractivity contribution >= 4 is 5.91 Å². The van der Waals surface area contributed by atoms with Crippen LogP contribution in [0.3, 0.4) is 0 Å². The number of benzene rings is 1. The average molecular weight is 277 g/mol. The molecule has 4 heteroatoms. The van der Waals surface area contributed by atoms with E-state index in [9.17, 15) is 4.79 Å². The summed E-state index contributed by atoms with van der Waals surface area (Å²) in [6, 6.07) is 5.59. The number of hydrogen-bond acceptors (Lipinski definition) is 3. The lowest BCUT2D eigenvalue weighted by molar-refractivity contribution is 0.0929. The second-order valence-electron chi connectivity index (χ2n) is 6.11. The van der Waals surface area contributed by atoms with Crippen molar-refractivity contribution in [2.45, 2.75) is 39.2 Å². The third-order valence-corrected chi connectivity index (χ3v) is 3.96. The molecule has 1 unspecified atom stereocenters. The van der Waals surface area contributed by atoms with Crippen LogP contribution < -0.4 is 14.8 Å². The molecule has 0 spiro atoms. The normalized spacial score (nSPS) is 20.5. The topological polar surface area (TPSA) is 47.6 Å². The molecule has 1 fully saturated rings. The van der Waals surface area contributed by atoms with Gasteiger partial charge in [-0.15, -0.1) is 0 Å². The van der Waals surface area contributed by atoms with Crippen molar-refractivity contribution in [1.29, 1.82) is 0 Å². The van der Waals surface area contributed by atoms with E-state index in [1.807, 2.05) is 6.07 Å². The van der Waals surface area contributed by atoms with Crippen molar-refractivity contribution in [3.05, 3.63) is 23.8 Å². The van der Waals surface area contributed by atoms with E-state index < -0.39 is 0 Å². The van der Waals surface area contributed by atoms with E-state index in [1.165, 1.54) is 0 Å². The highest BCUT2D eigenvalue weighted by Gasteiger charge is 2.32. The van der Waals surface area contributed by atoms with Crippen LogP contribution in [0.4, 0.5) is 0 Å². The first kappa shape index (κ1) is 14.7. The van der Waals surface area contributed by atoms with Gasteiger partial charge >= 0.3 is 0 Å². The Morgan fingerprint density at radius 2 is 1.85 bits per heavy atom. The molecule has 1 aromatic rings. The second-order valence-corrected chi connectivity index (χ2v) is 6.11. The highest BCUT2D eigenvalue weighted by Crippen LogP contribution is 2.37. The molecule has 1 saturated carbocycles. The molecule has 0 aromatic heterocycles. The number of ether oxygens (including phenoxy) is 2. The molecule has 1 atom stereocenters. The van der Waals surface area contributed by atoms with E-state index in [1.54, 1.807) is 26.4 Å². The third kappa shape index (κ3) is 3.06. The smallest absolute Gasteiger partial charge is 0.259 e. The molecule has 4 nitrogen and oxygen atoms in total. The molecule has 1 aliphatic carbocycles. The van der Waals surface area contributed by atoms with Gasteiger partial charge in [0.2, 0.25) is 0 Å². The summed E-state index contributed by atoms with van der Waals surface area (Å²) in [4.78, 5) is 12.5. The zero-order valence-electron chi connectivity index (χ0n) is 12.7. The number of hydrogen-bond donors (Lipinski definition) is 1. The van der Waals surface area contributed by atoms with E-state index in [2.05, 4.69) is 19.2 Å². The lowest BCUT2D eigenvalue weighted by atomic mass is 9.92. The van der Waals surface area contributed by atoms with Gasteiger partial charge in [0.05, 0.1) is 14.2 Å². The summed E-state index contributed by atoms with van der Waals surface area (Å²) in [5.41, 5.74) is 0.783. The summed E-state index contributed by atoms with van der Waals surface area (Å²) in [6.45, 7) is 4.48. The van der Waals surface area contributed by atoms with Crippen LogP contribution in [-0.4, -0.2) is 26.2 Å². The summed E-state index contributed by atoms with van der Waals surface area (Å²) < 4.78 is 10.5. The first-order valence-corrected chi connectivity index (χ1v) is 6.99. The highest BCUT2D eigenvalue weighted by molar-refractivity contribution is 5.99. The largest absolute Gasteiger partial charge is 0.496 e. The van der Waals surface area contributed by atoms with E-state index in [0.29, 0.717) is 22.5 Å². The van der Waals surface area contributed by atoms with Crippen molar-refractivity contribution in [3.8, 4) is 11.5 Å². The van der Waals surface area contributed by atoms with Crippen LogP contribution in [0.15, 0.2) is 18.2 Å². The number of carbonyl (C=O) groups is 1. The van der Waals surface area contributed by atoms with Gasteiger partial charge in [-0.2, -0.15) is 0 Å². The summed E-state index contributed by atoms with van der Waals surface area (Å²) in [7, 11) is 3.12. The minimum absolute atomic E-state index is 0.123. The van der Waals surface area contributed by atoms with Gasteiger partial charge in [-0.3, -0.25) is 4.79 Å². The van der Waals surface area contributed by atoms with E-state index >= 15 is 0 Å². The summed E-state index contributed by atoms with van der Waals surface area (Å²) >= 11 is 0. The SMILES string of the molecule is COc1cccc(OC)c1C(=O)NC1CCC(C)(C)C1. The number of rotatable bonds is 4. The molecule has 2 rings (SSSR count). The first-order valence-electron chi connectivity index (χ1n) is 6.99. The number of carbonyl (C=O) groups excluding carboxylic acids is 1. The minimum Gasteiger partial charge on any atom is -0.496 e. The fraction of sp³-hybridized carbons (Fsp3) is 0.562. The Labute approximate surface area is 120 Å². The Bertz CT molecular complexity index is 474. The fourth-order valence-electron chi connectivity index (χ4n) is 2.89. The zero-order valence-corrected chi connectivity index (χ0v) is 12.7. The summed E-state index contributed by atoms with van der Waals surface area (Å²) in [5.74, 6) is 0.959. The van der Waals surface area contributed by atoms with Crippen molar-refractivity contribution in [3.63, 3.8) is 0 Å². The van der Waals surface area contributed by atoms with Gasteiger partial charge in [0.1, 0.15) is 17.1 Å². The fourth-order valence-corrected chi connectivity index (χ4v) is 2.89. The van der Waals surface area contributed by atoms with Crippen molar-refractivity contribution < 1.29 is 14.3 Å². The van der Waals surface area contributed by atoms with E-state index in [4.69, 9.17) is 9.47 Å². The standard InChI is InChI=1S/C16H23NO3/c1-16(2)9-8-11(10-16)17-15(18)14-12(19-3)6-5-7-13(14)20-4/h5-7,11H,8-10H2,1-4H3,(H,17,18). The van der Waals surface area contributed by atoms with Gasteiger partial charge in [-0.1, -0.05) is 19.9 Å². The Morgan fingerprint density at radius 1 is 1.25 bits per heavy atom. The molecular formula is C16H23NO3. The highest BCUT2D eigenvalue weighted by atomic mass is 16.5. The van der Waals surface area contributed by atoms with Crippen LogP contribution in [0.5, 0.6) is 11.5 Å². The molecule has 0 radical (unpaired) electrons. The molecule has 0 bridgehead atoms. The Hall–Kier alpha value is -1.71. The van der Waals surface area contributed by atoms with Crippen LogP contribution >= 0.6 is 0 Å². The Morgan fingerprint density at radius 3 is 2.30 bits per heavy atom. The second kappa shape index (κ2) is 5.73. The molecule has 20 heavy (non-hydrogen) atoms. The zero-order chi connectivity index (χ0) is 14.8. The van der Waals surface area contributed by atoms with Crippen LogP contribution in [-0.2, 0) is 0 Å². The molecule has 1 amide bonds. The van der Waals surface area contributed by atoms with Crippen LogP contribution in [0.2, 0.25) is 0 Å². The third-order valence-electron chi connectivity index (χ3n) is 3.96. The minimum atomic E-state index is -0.123. The van der Waals surface area contributed by atoms with Crippen molar-refractivity contribution in [2.24, 2.45) is 5.41 Å². The van der Waals surface area contributed by atoms with Crippen LogP contribution in [0, 0.1) is 5.41 Å². The molecule has 110 valence electrons. The molecule has 0 saturated heterocycles. The molecule has 1 aliphatic rings. The van der Waals surface area contributed by atoms with Crippen LogP contribution in [0.1, 0.15) is 43.5 Å². The average Bonchev–Trinajstić information content (AvgIpc) is 2.76. The molecule has 1 N–H and O–H groups in total. The molecular weight excluding hydrogens is 254 g/mol. The van der Waals surface area contributed by atoms with Gasteiger partial charge in [0, 0.05) is 6.04 Å². The molecule has 0 heterocycles. The van der Waals surface area contributed by atoms with Gasteiger partial charge in [-0.05, 0) is 36.8 Å². The summed E-state index contributed by atoms with van der Waals surface area (Å²) in [5, 5.41) is 3.10. The molecule has 0 aliphatic heterocycles. The van der Waals surface area contributed by atoms with Crippen LogP contribution in [0.25, 0.3) is 0 Å². The number of amides is 1.